The van der Waals surface area contributed by atoms with Crippen molar-refractivity contribution in [2.24, 2.45) is 0 Å². The number of nitrogen functional groups attached to an aromatic ring is 2. The molecular formula is C20H19N4+. The van der Waals surface area contributed by atoms with Crippen LogP contribution in [0.5, 0.6) is 0 Å². The number of hydrogen-bond donors (Lipinski definition) is 2. The van der Waals surface area contributed by atoms with E-state index in [-0.39, 0.29) is 0 Å². The summed E-state index contributed by atoms with van der Waals surface area (Å²) in [4.78, 5) is 4.84. The Hall–Kier alpha value is -3.14. The second-order valence-electron chi connectivity index (χ2n) is 6.13. The highest BCUT2D eigenvalue weighted by atomic mass is 15.0. The first-order valence-corrected chi connectivity index (χ1v) is 7.92. The van der Waals surface area contributed by atoms with Gasteiger partial charge in [0.25, 0.3) is 0 Å². The van der Waals surface area contributed by atoms with Gasteiger partial charge < -0.3 is 11.5 Å². The third-order valence-electron chi connectivity index (χ3n) is 4.50. The summed E-state index contributed by atoms with van der Waals surface area (Å²) in [6.07, 6.45) is 0. The second-order valence-corrected chi connectivity index (χ2v) is 6.13. The molecule has 0 saturated heterocycles. The monoisotopic (exact) mass is 315 g/mol. The lowest BCUT2D eigenvalue weighted by molar-refractivity contribution is -0.538. The minimum absolute atomic E-state index is 0.714. The number of nitrogens with zero attached hydrogens (tertiary/aromatic N) is 2. The summed E-state index contributed by atoms with van der Waals surface area (Å²) in [5.74, 6) is 0. The van der Waals surface area contributed by atoms with Crippen LogP contribution in [0.4, 0.5) is 11.4 Å². The SMILES string of the molecule is Cc1cc2nc3ccc(N)cc3[n+](-c3ccccc3)c2c(C)c1N. The average molecular weight is 315 g/mol. The second kappa shape index (κ2) is 5.20. The van der Waals surface area contributed by atoms with Crippen molar-refractivity contribution in [3.05, 3.63) is 65.7 Å². The number of benzene rings is 3. The fraction of sp³-hybridized carbons (Fsp3) is 0.100. The zero-order valence-electron chi connectivity index (χ0n) is 13.7. The third-order valence-corrected chi connectivity index (χ3v) is 4.50. The van der Waals surface area contributed by atoms with E-state index in [0.29, 0.717) is 5.69 Å². The van der Waals surface area contributed by atoms with Gasteiger partial charge in [-0.3, -0.25) is 0 Å². The zero-order chi connectivity index (χ0) is 16.8. The predicted molar refractivity (Wildman–Crippen MR) is 99.1 cm³/mol. The molecule has 4 nitrogen and oxygen atoms in total. The predicted octanol–water partition coefficient (Wildman–Crippen LogP) is 3.45. The van der Waals surface area contributed by atoms with E-state index in [4.69, 9.17) is 16.5 Å². The largest absolute Gasteiger partial charge is 0.399 e. The van der Waals surface area contributed by atoms with Gasteiger partial charge in [0.05, 0.1) is 0 Å². The Morgan fingerprint density at radius 1 is 0.875 bits per heavy atom. The molecule has 0 spiro atoms. The molecule has 4 heteroatoms. The highest BCUT2D eigenvalue weighted by Crippen LogP contribution is 2.27. The van der Waals surface area contributed by atoms with E-state index in [0.717, 1.165) is 44.6 Å². The van der Waals surface area contributed by atoms with Crippen LogP contribution in [0.25, 0.3) is 27.8 Å². The van der Waals surface area contributed by atoms with Crippen LogP contribution < -0.4 is 16.0 Å². The van der Waals surface area contributed by atoms with Gasteiger partial charge in [0.1, 0.15) is 11.0 Å². The van der Waals surface area contributed by atoms with Gasteiger partial charge in [-0.05, 0) is 37.6 Å². The molecule has 1 aromatic heterocycles. The molecule has 0 fully saturated rings. The molecule has 0 bridgehead atoms. The number of aromatic nitrogens is 2. The fourth-order valence-corrected chi connectivity index (χ4v) is 3.24. The fourth-order valence-electron chi connectivity index (χ4n) is 3.24. The Kier molecular flexibility index (Phi) is 3.13. The maximum absolute atomic E-state index is 6.30. The van der Waals surface area contributed by atoms with E-state index in [1.165, 1.54) is 0 Å². The van der Waals surface area contributed by atoms with E-state index in [2.05, 4.69) is 16.7 Å². The van der Waals surface area contributed by atoms with Crippen molar-refractivity contribution in [3.63, 3.8) is 0 Å². The topological polar surface area (TPSA) is 68.8 Å². The standard InChI is InChI=1S/C20H18N4/c1-12-10-17-20(13(2)19(12)22)24(15-6-4-3-5-7-15)18-11-14(21)8-9-16(18)23-17/h3-11H,1-2H3,(H3,21,22)/p+1. The smallest absolute Gasteiger partial charge is 0.242 e. The van der Waals surface area contributed by atoms with Crippen LogP contribution in [0.1, 0.15) is 11.1 Å². The molecule has 4 rings (SSSR count). The van der Waals surface area contributed by atoms with Crippen LogP contribution in [-0.4, -0.2) is 4.98 Å². The van der Waals surface area contributed by atoms with Crippen LogP contribution in [0.3, 0.4) is 0 Å². The van der Waals surface area contributed by atoms with E-state index in [1.807, 2.05) is 56.3 Å². The lowest BCUT2D eigenvalue weighted by Gasteiger charge is -2.10. The molecule has 0 radical (unpaired) electrons. The zero-order valence-corrected chi connectivity index (χ0v) is 13.7. The highest BCUT2D eigenvalue weighted by molar-refractivity contribution is 5.88. The summed E-state index contributed by atoms with van der Waals surface area (Å²) in [6.45, 7) is 4.06. The average Bonchev–Trinajstić information content (AvgIpc) is 2.59. The number of nitrogens with two attached hydrogens (primary N) is 2. The van der Waals surface area contributed by atoms with Crippen LogP contribution in [0, 0.1) is 13.8 Å². The molecule has 0 amide bonds. The van der Waals surface area contributed by atoms with Gasteiger partial charge in [0.15, 0.2) is 0 Å². The van der Waals surface area contributed by atoms with Crippen molar-refractivity contribution in [3.8, 4) is 5.69 Å². The van der Waals surface area contributed by atoms with Gasteiger partial charge in [-0.1, -0.05) is 18.2 Å². The normalized spacial score (nSPS) is 11.2. The molecule has 1 heterocycles. The number of anilines is 2. The van der Waals surface area contributed by atoms with Gasteiger partial charge in [0.2, 0.25) is 16.7 Å². The molecule has 24 heavy (non-hydrogen) atoms. The molecule has 0 aliphatic carbocycles. The quantitative estimate of drug-likeness (QED) is 0.321. The van der Waals surface area contributed by atoms with Crippen LogP contribution in [-0.2, 0) is 0 Å². The van der Waals surface area contributed by atoms with Crippen molar-refractivity contribution >= 4 is 33.4 Å². The third kappa shape index (κ3) is 2.07. The van der Waals surface area contributed by atoms with E-state index in [1.54, 1.807) is 0 Å². The summed E-state index contributed by atoms with van der Waals surface area (Å²) in [6, 6.07) is 18.1. The van der Waals surface area contributed by atoms with Gasteiger partial charge in [-0.15, -0.1) is 4.57 Å². The maximum Gasteiger partial charge on any atom is 0.242 e. The number of aryl methyl sites for hydroxylation is 2. The Morgan fingerprint density at radius 2 is 1.62 bits per heavy atom. The minimum atomic E-state index is 0.714. The molecule has 0 aliphatic heterocycles. The van der Waals surface area contributed by atoms with Gasteiger partial charge in [-0.2, -0.15) is 0 Å². The summed E-state index contributed by atoms with van der Waals surface area (Å²) in [5, 5.41) is 0. The number of hydrogen-bond acceptors (Lipinski definition) is 3. The molecule has 0 aliphatic rings. The van der Waals surface area contributed by atoms with E-state index < -0.39 is 0 Å². The molecule has 4 aromatic rings. The molecule has 3 aromatic carbocycles. The molecular weight excluding hydrogens is 296 g/mol. The first kappa shape index (κ1) is 14.5. The van der Waals surface area contributed by atoms with Gasteiger partial charge in [-0.25, -0.2) is 4.98 Å². The number of fused-ring (bicyclic) bond motifs is 2. The first-order chi connectivity index (χ1) is 11.6. The summed E-state index contributed by atoms with van der Waals surface area (Å²) in [5.41, 5.74) is 20.8. The van der Waals surface area contributed by atoms with Gasteiger partial charge >= 0.3 is 0 Å². The molecule has 0 saturated carbocycles. The maximum atomic E-state index is 6.30. The Labute approximate surface area is 140 Å². The molecule has 118 valence electrons. The number of rotatable bonds is 1. The van der Waals surface area contributed by atoms with E-state index >= 15 is 0 Å². The summed E-state index contributed by atoms with van der Waals surface area (Å²) >= 11 is 0. The molecule has 4 N–H and O–H groups in total. The lowest BCUT2D eigenvalue weighted by Crippen LogP contribution is -2.34. The van der Waals surface area contributed by atoms with Crippen molar-refractivity contribution in [2.45, 2.75) is 13.8 Å². The van der Waals surface area contributed by atoms with Crippen molar-refractivity contribution in [2.75, 3.05) is 11.5 Å². The van der Waals surface area contributed by atoms with Crippen molar-refractivity contribution < 1.29 is 4.57 Å². The molecule has 0 unspecified atom stereocenters. The first-order valence-electron chi connectivity index (χ1n) is 7.92. The Bertz CT molecular complexity index is 1090. The highest BCUT2D eigenvalue weighted by Gasteiger charge is 2.23. The van der Waals surface area contributed by atoms with Crippen LogP contribution in [0.2, 0.25) is 0 Å². The van der Waals surface area contributed by atoms with Crippen molar-refractivity contribution in [1.82, 2.24) is 4.98 Å². The van der Waals surface area contributed by atoms with Crippen LogP contribution >= 0.6 is 0 Å². The van der Waals surface area contributed by atoms with Gasteiger partial charge in [0, 0.05) is 35.1 Å². The van der Waals surface area contributed by atoms with Crippen LogP contribution in [0.15, 0.2) is 54.6 Å². The Balaban J connectivity index is 2.29. The minimum Gasteiger partial charge on any atom is -0.399 e. The van der Waals surface area contributed by atoms with E-state index in [9.17, 15) is 0 Å². The number of para-hydroxylation sites is 1. The Morgan fingerprint density at radius 3 is 2.38 bits per heavy atom. The molecule has 0 atom stereocenters. The summed E-state index contributed by atoms with van der Waals surface area (Å²) < 4.78 is 2.19. The lowest BCUT2D eigenvalue weighted by atomic mass is 10.1. The van der Waals surface area contributed by atoms with Crippen molar-refractivity contribution in [1.29, 1.82) is 0 Å². The summed E-state index contributed by atoms with van der Waals surface area (Å²) in [7, 11) is 0.